The monoisotopic (exact) mass is 1060 g/mol. The number of hydrogen-bond acceptors (Lipinski definition) is 0. The second kappa shape index (κ2) is 17.3. The molecule has 0 aromatic heterocycles. The molecule has 20 aromatic rings. The van der Waals surface area contributed by atoms with Gasteiger partial charge in [-0.2, -0.15) is 0 Å². The summed E-state index contributed by atoms with van der Waals surface area (Å²) in [5.74, 6) is 0. The minimum Gasteiger partial charge on any atom is -0.0622 e. The van der Waals surface area contributed by atoms with Crippen LogP contribution in [0.2, 0.25) is 0 Å². The van der Waals surface area contributed by atoms with E-state index in [9.17, 15) is 0 Å². The van der Waals surface area contributed by atoms with Gasteiger partial charge in [0.25, 0.3) is 0 Å². The van der Waals surface area contributed by atoms with Crippen molar-refractivity contribution in [2.45, 2.75) is 0 Å². The Hall–Kier alpha value is -10.9. The summed E-state index contributed by atoms with van der Waals surface area (Å²) < 4.78 is 0. The zero-order valence-corrected chi connectivity index (χ0v) is 45.7. The highest BCUT2D eigenvalue weighted by Crippen LogP contribution is 2.57. The normalized spacial score (nSPS) is 12.3. The molecule has 0 amide bonds. The number of hydrogen-bond donors (Lipinski definition) is 0. The van der Waals surface area contributed by atoms with Crippen LogP contribution in [0.25, 0.3) is 195 Å². The summed E-state index contributed by atoms with van der Waals surface area (Å²) >= 11 is 0. The largest absolute Gasteiger partial charge is 0.0622 e. The highest BCUT2D eigenvalue weighted by atomic mass is 14.3. The zero-order chi connectivity index (χ0) is 54.7. The third-order valence-corrected chi connectivity index (χ3v) is 19.0. The SMILES string of the molecule is c1ccc(-c2c3c4cccc5cccc(c3c(-c3ccccc3)c3c6cc7ccccc7c7cccc(c23)c76)c54)cc1.c1ccc(-c2c3cc4c(cc3c(-c3ccccc3)c3c5cccc6cccc(c23)c65)c2cccc3cccc4c32)cc1. The quantitative estimate of drug-likeness (QED) is 0.154. The minimum absolute atomic E-state index is 1.26. The van der Waals surface area contributed by atoms with E-state index in [0.29, 0.717) is 0 Å². The van der Waals surface area contributed by atoms with E-state index in [1.807, 2.05) is 0 Å². The van der Waals surface area contributed by atoms with Crippen molar-refractivity contribution in [3.8, 4) is 44.5 Å². The maximum Gasteiger partial charge on any atom is -0.000696 e. The molecule has 0 radical (unpaired) electrons. The maximum atomic E-state index is 2.50. The van der Waals surface area contributed by atoms with Crippen molar-refractivity contribution in [2.75, 3.05) is 0 Å². The lowest BCUT2D eigenvalue weighted by atomic mass is 9.85. The summed E-state index contributed by atoms with van der Waals surface area (Å²) in [6.07, 6.45) is 0. The van der Waals surface area contributed by atoms with Gasteiger partial charge in [0.2, 0.25) is 0 Å². The number of benzene rings is 16. The maximum absolute atomic E-state index is 2.50. The van der Waals surface area contributed by atoms with Crippen LogP contribution in [0.3, 0.4) is 0 Å². The number of rotatable bonds is 4. The molecule has 0 saturated carbocycles. The van der Waals surface area contributed by atoms with Crippen LogP contribution in [-0.4, -0.2) is 0 Å². The molecular formula is C84H48. The van der Waals surface area contributed by atoms with Crippen molar-refractivity contribution in [2.24, 2.45) is 0 Å². The topological polar surface area (TPSA) is 0 Å². The second-order valence-electron chi connectivity index (χ2n) is 23.2. The molecule has 0 heteroatoms. The Balaban J connectivity index is 0.000000124. The molecule has 0 spiro atoms. The fraction of sp³-hybridized carbons (Fsp3) is 0. The van der Waals surface area contributed by atoms with Gasteiger partial charge < -0.3 is 0 Å². The first-order chi connectivity index (χ1) is 41.7. The second-order valence-corrected chi connectivity index (χ2v) is 23.2. The van der Waals surface area contributed by atoms with E-state index in [2.05, 4.69) is 291 Å². The first kappa shape index (κ1) is 45.8. The van der Waals surface area contributed by atoms with E-state index >= 15 is 0 Å². The van der Waals surface area contributed by atoms with E-state index in [0.717, 1.165) is 0 Å². The fourth-order valence-electron chi connectivity index (χ4n) is 15.8. The fourth-order valence-corrected chi connectivity index (χ4v) is 15.8. The average Bonchev–Trinajstić information content (AvgIpc) is 2.04. The molecule has 0 aliphatic heterocycles. The van der Waals surface area contributed by atoms with Crippen molar-refractivity contribution in [1.29, 1.82) is 0 Å². The predicted molar refractivity (Wildman–Crippen MR) is 364 cm³/mol. The molecule has 0 saturated heterocycles. The van der Waals surface area contributed by atoms with Crippen LogP contribution in [-0.2, 0) is 0 Å². The van der Waals surface area contributed by atoms with Gasteiger partial charge in [0, 0.05) is 0 Å². The molecule has 0 heterocycles. The van der Waals surface area contributed by atoms with Gasteiger partial charge in [0.1, 0.15) is 0 Å². The van der Waals surface area contributed by atoms with Crippen LogP contribution in [0.5, 0.6) is 0 Å². The molecule has 84 heavy (non-hydrogen) atoms. The van der Waals surface area contributed by atoms with Crippen LogP contribution >= 0.6 is 0 Å². The smallest absolute Gasteiger partial charge is 0.000696 e. The highest BCUT2D eigenvalue weighted by Gasteiger charge is 2.29. The molecule has 0 aliphatic carbocycles. The Bertz CT molecular complexity index is 5860. The Labute approximate surface area is 483 Å². The van der Waals surface area contributed by atoms with E-state index < -0.39 is 0 Å². The first-order valence-corrected chi connectivity index (χ1v) is 29.4. The molecule has 0 atom stereocenters. The standard InChI is InChI=1S/2C42H24/c1-3-11-27(12-4-1)39-35-23-33-29-19-7-15-25-16-8-20-30(37(25)29)34(33)24-36(35)40(28-13-5-2-6-14-28)42-32-22-10-18-26-17-9-21-31(38(26)32)41(39)42;1-3-12-26(13-4-1)36-39-31-21-9-17-25-18-10-22-32(35(25)31)40(39)37(27-14-5-2-6-15-27)42-34-24-28-16-7-8-19-29(28)30-20-11-23-33(38(30)34)41(36)42/h2*1-24H. The van der Waals surface area contributed by atoms with Crippen LogP contribution in [0.4, 0.5) is 0 Å². The average molecular weight is 1060 g/mol. The van der Waals surface area contributed by atoms with E-state index in [4.69, 9.17) is 0 Å². The lowest BCUT2D eigenvalue weighted by molar-refractivity contribution is 1.68. The molecule has 384 valence electrons. The summed E-state index contributed by atoms with van der Waals surface area (Å²) in [5.41, 5.74) is 10.4. The summed E-state index contributed by atoms with van der Waals surface area (Å²) in [6, 6.07) is 108. The van der Waals surface area contributed by atoms with Crippen molar-refractivity contribution in [3.05, 3.63) is 291 Å². The van der Waals surface area contributed by atoms with Crippen molar-refractivity contribution in [1.82, 2.24) is 0 Å². The van der Waals surface area contributed by atoms with Gasteiger partial charge in [-0.25, -0.2) is 0 Å². The lowest BCUT2D eigenvalue weighted by Crippen LogP contribution is -1.89. The third kappa shape index (κ3) is 6.16. The van der Waals surface area contributed by atoms with Gasteiger partial charge >= 0.3 is 0 Å². The Morgan fingerprint density at radius 3 is 0.786 bits per heavy atom. The van der Waals surface area contributed by atoms with Crippen LogP contribution < -0.4 is 0 Å². The van der Waals surface area contributed by atoms with E-state index in [-0.39, 0.29) is 0 Å². The van der Waals surface area contributed by atoms with Gasteiger partial charge in [0.15, 0.2) is 0 Å². The zero-order valence-electron chi connectivity index (χ0n) is 45.7. The molecule has 0 aliphatic rings. The Kier molecular flexibility index (Phi) is 9.43. The van der Waals surface area contributed by atoms with Gasteiger partial charge in [-0.15, -0.1) is 0 Å². The van der Waals surface area contributed by atoms with Crippen molar-refractivity contribution < 1.29 is 0 Å². The predicted octanol–water partition coefficient (Wildman–Crippen LogP) is 23.9. The van der Waals surface area contributed by atoms with Gasteiger partial charge in [-0.3, -0.25) is 0 Å². The van der Waals surface area contributed by atoms with Gasteiger partial charge in [0.05, 0.1) is 0 Å². The summed E-state index contributed by atoms with van der Waals surface area (Å²) in [6.45, 7) is 0. The molecular weight excluding hydrogens is 1010 g/mol. The number of fused-ring (bicyclic) bond motifs is 15. The molecule has 0 N–H and O–H groups in total. The molecule has 20 rings (SSSR count). The van der Waals surface area contributed by atoms with E-state index in [1.54, 1.807) is 0 Å². The van der Waals surface area contributed by atoms with Gasteiger partial charge in [-0.1, -0.05) is 273 Å². The molecule has 0 fully saturated rings. The third-order valence-electron chi connectivity index (χ3n) is 19.0. The van der Waals surface area contributed by atoms with Gasteiger partial charge in [-0.05, 0) is 214 Å². The summed E-state index contributed by atoms with van der Waals surface area (Å²) in [4.78, 5) is 0. The van der Waals surface area contributed by atoms with Crippen LogP contribution in [0, 0.1) is 0 Å². The molecule has 0 nitrogen and oxygen atoms in total. The van der Waals surface area contributed by atoms with Crippen molar-refractivity contribution >= 4 is 151 Å². The van der Waals surface area contributed by atoms with Crippen LogP contribution in [0.15, 0.2) is 291 Å². The molecule has 0 bridgehead atoms. The molecule has 0 unspecified atom stereocenters. The first-order valence-electron chi connectivity index (χ1n) is 29.4. The highest BCUT2D eigenvalue weighted by molar-refractivity contribution is 6.48. The summed E-state index contributed by atoms with van der Waals surface area (Å²) in [7, 11) is 0. The Morgan fingerprint density at radius 2 is 0.381 bits per heavy atom. The Morgan fingerprint density at radius 1 is 0.119 bits per heavy atom. The summed E-state index contributed by atoms with van der Waals surface area (Å²) in [5, 5.41) is 37.5. The van der Waals surface area contributed by atoms with Crippen LogP contribution in [0.1, 0.15) is 0 Å². The lowest BCUT2D eigenvalue weighted by Gasteiger charge is -2.17. The minimum atomic E-state index is 1.26. The molecule has 20 aromatic carbocycles. The van der Waals surface area contributed by atoms with E-state index in [1.165, 1.54) is 195 Å². The van der Waals surface area contributed by atoms with Crippen molar-refractivity contribution in [3.63, 3.8) is 0 Å².